The fraction of sp³-hybridized carbons (Fsp3) is 0.588. The van der Waals surface area contributed by atoms with E-state index in [1.165, 1.54) is 0 Å². The molecule has 5 heteroatoms. The third kappa shape index (κ3) is 3.66. The molecule has 3 rings (SSSR count). The van der Waals surface area contributed by atoms with Gasteiger partial charge in [0.2, 0.25) is 0 Å². The van der Waals surface area contributed by atoms with Gasteiger partial charge in [0.25, 0.3) is 5.91 Å². The Bertz CT molecular complexity index is 488. The number of ether oxygens (including phenoxy) is 1. The molecule has 1 aromatic rings. The van der Waals surface area contributed by atoms with E-state index in [2.05, 4.69) is 5.32 Å². The Balaban J connectivity index is 1.54. The first-order valence-electron chi connectivity index (χ1n) is 8.10. The van der Waals surface area contributed by atoms with Crippen LogP contribution in [0.2, 0.25) is 0 Å². The molecule has 0 bridgehead atoms. The van der Waals surface area contributed by atoms with Crippen molar-refractivity contribution < 1.29 is 14.6 Å². The van der Waals surface area contributed by atoms with Crippen molar-refractivity contribution in [2.75, 3.05) is 26.3 Å². The minimum atomic E-state index is -0.510. The summed E-state index contributed by atoms with van der Waals surface area (Å²) in [4.78, 5) is 14.2. The van der Waals surface area contributed by atoms with Gasteiger partial charge in [0.1, 0.15) is 0 Å². The lowest BCUT2D eigenvalue weighted by atomic mass is 9.98. The van der Waals surface area contributed by atoms with Crippen LogP contribution >= 0.6 is 0 Å². The smallest absolute Gasteiger partial charge is 0.253 e. The summed E-state index contributed by atoms with van der Waals surface area (Å²) in [6, 6.07) is 9.76. The summed E-state index contributed by atoms with van der Waals surface area (Å²) in [5.74, 6) is 0.00386. The Morgan fingerprint density at radius 3 is 2.59 bits per heavy atom. The first-order chi connectivity index (χ1) is 10.7. The Hall–Kier alpha value is -1.43. The fourth-order valence-electron chi connectivity index (χ4n) is 3.24. The minimum absolute atomic E-state index is 0.00386. The molecule has 0 aliphatic carbocycles. The van der Waals surface area contributed by atoms with Crippen molar-refractivity contribution in [1.29, 1.82) is 0 Å². The summed E-state index contributed by atoms with van der Waals surface area (Å²) < 4.78 is 5.36. The number of benzene rings is 1. The molecule has 120 valence electrons. The fourth-order valence-corrected chi connectivity index (χ4v) is 3.24. The van der Waals surface area contributed by atoms with Gasteiger partial charge in [0, 0.05) is 44.0 Å². The highest BCUT2D eigenvalue weighted by Crippen LogP contribution is 2.17. The first-order valence-corrected chi connectivity index (χ1v) is 8.10. The average Bonchev–Trinajstić information content (AvgIpc) is 2.58. The van der Waals surface area contributed by atoms with E-state index in [1.807, 2.05) is 30.3 Å². The normalized spacial score (nSPS) is 26.9. The van der Waals surface area contributed by atoms with E-state index in [0.29, 0.717) is 24.7 Å². The molecule has 2 aliphatic heterocycles. The number of carbonyl (C=O) groups excluding carboxylic acids is 1. The highest BCUT2D eigenvalue weighted by molar-refractivity contribution is 5.94. The summed E-state index contributed by atoms with van der Waals surface area (Å²) in [6.07, 6.45) is 2.27. The van der Waals surface area contributed by atoms with Crippen LogP contribution in [0.15, 0.2) is 30.3 Å². The number of nitrogens with one attached hydrogen (secondary N) is 1. The number of aliphatic hydroxyl groups excluding tert-OH is 1. The van der Waals surface area contributed by atoms with Crippen LogP contribution < -0.4 is 5.32 Å². The van der Waals surface area contributed by atoms with Crippen LogP contribution in [0.5, 0.6) is 0 Å². The third-order valence-electron chi connectivity index (χ3n) is 4.56. The standard InChI is InChI=1S/C17H24N2O3/c20-16-12-19(17(21)13-4-2-1-3-5-13)9-6-15(16)18-14-7-10-22-11-8-14/h1-5,14-16,18,20H,6-12H2/t15-,16-/m1/s1. The molecule has 0 radical (unpaired) electrons. The van der Waals surface area contributed by atoms with Gasteiger partial charge >= 0.3 is 0 Å². The topological polar surface area (TPSA) is 61.8 Å². The molecule has 2 N–H and O–H groups in total. The van der Waals surface area contributed by atoms with Gasteiger partial charge in [-0.2, -0.15) is 0 Å². The SMILES string of the molecule is O=C(c1ccccc1)N1CC[C@@H](NC2CCOCC2)[C@H](O)C1. The number of hydrogen-bond donors (Lipinski definition) is 2. The maximum absolute atomic E-state index is 12.4. The van der Waals surface area contributed by atoms with Crippen molar-refractivity contribution in [1.82, 2.24) is 10.2 Å². The average molecular weight is 304 g/mol. The molecule has 2 aliphatic rings. The second-order valence-electron chi connectivity index (χ2n) is 6.13. The molecule has 2 atom stereocenters. The molecule has 0 unspecified atom stereocenters. The van der Waals surface area contributed by atoms with Gasteiger partial charge in [0.05, 0.1) is 6.10 Å². The van der Waals surface area contributed by atoms with Gasteiger partial charge in [-0.1, -0.05) is 18.2 Å². The lowest BCUT2D eigenvalue weighted by molar-refractivity contribution is 0.0203. The monoisotopic (exact) mass is 304 g/mol. The number of aliphatic hydroxyl groups is 1. The molecule has 0 saturated carbocycles. The summed E-state index contributed by atoms with van der Waals surface area (Å²) >= 11 is 0. The summed E-state index contributed by atoms with van der Waals surface area (Å²) in [5, 5.41) is 13.9. The van der Waals surface area contributed by atoms with E-state index >= 15 is 0 Å². The minimum Gasteiger partial charge on any atom is -0.390 e. The van der Waals surface area contributed by atoms with Crippen molar-refractivity contribution >= 4 is 5.91 Å². The molecule has 1 aromatic carbocycles. The van der Waals surface area contributed by atoms with Gasteiger partial charge in [-0.15, -0.1) is 0 Å². The van der Waals surface area contributed by atoms with Gasteiger partial charge in [-0.25, -0.2) is 0 Å². The second-order valence-corrected chi connectivity index (χ2v) is 6.13. The van der Waals surface area contributed by atoms with Crippen LogP contribution in [-0.2, 0) is 4.74 Å². The Morgan fingerprint density at radius 2 is 1.91 bits per heavy atom. The molecular formula is C17H24N2O3. The lowest BCUT2D eigenvalue weighted by Gasteiger charge is -2.38. The van der Waals surface area contributed by atoms with E-state index in [9.17, 15) is 9.90 Å². The molecule has 0 aromatic heterocycles. The molecule has 2 fully saturated rings. The highest BCUT2D eigenvalue weighted by Gasteiger charge is 2.32. The lowest BCUT2D eigenvalue weighted by Crippen LogP contribution is -2.56. The molecule has 1 amide bonds. The summed E-state index contributed by atoms with van der Waals surface area (Å²) in [6.45, 7) is 2.67. The number of likely N-dealkylation sites (tertiary alicyclic amines) is 1. The zero-order valence-corrected chi connectivity index (χ0v) is 12.8. The maximum atomic E-state index is 12.4. The largest absolute Gasteiger partial charge is 0.390 e. The molecular weight excluding hydrogens is 280 g/mol. The number of rotatable bonds is 3. The van der Waals surface area contributed by atoms with Crippen LogP contribution in [0.1, 0.15) is 29.6 Å². The summed E-state index contributed by atoms with van der Waals surface area (Å²) in [7, 11) is 0. The molecule has 5 nitrogen and oxygen atoms in total. The van der Waals surface area contributed by atoms with Crippen molar-refractivity contribution in [2.24, 2.45) is 0 Å². The third-order valence-corrected chi connectivity index (χ3v) is 4.56. The van der Waals surface area contributed by atoms with Crippen LogP contribution in [-0.4, -0.2) is 60.4 Å². The van der Waals surface area contributed by atoms with E-state index in [0.717, 1.165) is 32.5 Å². The first kappa shape index (κ1) is 15.5. The number of carbonyl (C=O) groups is 1. The van der Waals surface area contributed by atoms with Crippen LogP contribution in [0.25, 0.3) is 0 Å². The molecule has 22 heavy (non-hydrogen) atoms. The van der Waals surface area contributed by atoms with Crippen molar-refractivity contribution in [2.45, 2.75) is 37.5 Å². The van der Waals surface area contributed by atoms with Gasteiger partial charge in [-0.05, 0) is 31.4 Å². The Morgan fingerprint density at radius 1 is 1.18 bits per heavy atom. The van der Waals surface area contributed by atoms with E-state index in [1.54, 1.807) is 4.90 Å². The number of β-amino-alcohol motifs (C(OH)–C–C–N with tert-alkyl or cyclic N) is 1. The number of piperidine rings is 1. The van der Waals surface area contributed by atoms with Crippen molar-refractivity contribution in [3.05, 3.63) is 35.9 Å². The summed E-state index contributed by atoms with van der Waals surface area (Å²) in [5.41, 5.74) is 0.686. The Labute approximate surface area is 131 Å². The van der Waals surface area contributed by atoms with Crippen molar-refractivity contribution in [3.63, 3.8) is 0 Å². The Kier molecular flexibility index (Phi) is 5.08. The van der Waals surface area contributed by atoms with E-state index in [4.69, 9.17) is 4.74 Å². The quantitative estimate of drug-likeness (QED) is 0.875. The number of amides is 1. The van der Waals surface area contributed by atoms with Crippen molar-refractivity contribution in [3.8, 4) is 0 Å². The van der Waals surface area contributed by atoms with Gasteiger partial charge in [-0.3, -0.25) is 4.79 Å². The van der Waals surface area contributed by atoms with E-state index < -0.39 is 6.10 Å². The van der Waals surface area contributed by atoms with Crippen LogP contribution in [0, 0.1) is 0 Å². The maximum Gasteiger partial charge on any atom is 0.253 e. The number of hydrogen-bond acceptors (Lipinski definition) is 4. The zero-order valence-electron chi connectivity index (χ0n) is 12.8. The van der Waals surface area contributed by atoms with Crippen LogP contribution in [0.3, 0.4) is 0 Å². The molecule has 0 spiro atoms. The molecule has 2 saturated heterocycles. The van der Waals surface area contributed by atoms with Crippen LogP contribution in [0.4, 0.5) is 0 Å². The highest BCUT2D eigenvalue weighted by atomic mass is 16.5. The zero-order chi connectivity index (χ0) is 15.4. The predicted molar refractivity (Wildman–Crippen MR) is 83.7 cm³/mol. The number of nitrogens with zero attached hydrogens (tertiary/aromatic N) is 1. The predicted octanol–water partition coefficient (Wildman–Crippen LogP) is 1.03. The van der Waals surface area contributed by atoms with E-state index in [-0.39, 0.29) is 11.9 Å². The second kappa shape index (κ2) is 7.22. The van der Waals surface area contributed by atoms with Gasteiger partial charge < -0.3 is 20.1 Å². The van der Waals surface area contributed by atoms with Gasteiger partial charge in [0.15, 0.2) is 0 Å². The molecule has 2 heterocycles.